The molecule has 0 spiro atoms. The average Bonchev–Trinajstić information content (AvgIpc) is 2.93. The molecule has 0 fully saturated rings. The number of nitrogens with one attached hydrogen (secondary N) is 2. The van der Waals surface area contributed by atoms with Gasteiger partial charge in [-0.3, -0.25) is 4.79 Å². The quantitative estimate of drug-likeness (QED) is 0.332. The van der Waals surface area contributed by atoms with Crippen molar-refractivity contribution >= 4 is 35.9 Å². The summed E-state index contributed by atoms with van der Waals surface area (Å²) in [5, 5.41) is 6.20. The van der Waals surface area contributed by atoms with E-state index in [1.807, 2.05) is 19.1 Å². The number of halogens is 1. The van der Waals surface area contributed by atoms with Gasteiger partial charge >= 0.3 is 5.97 Å². The minimum absolute atomic E-state index is 0. The van der Waals surface area contributed by atoms with Gasteiger partial charge in [0.2, 0.25) is 0 Å². The van der Waals surface area contributed by atoms with Gasteiger partial charge in [-0.2, -0.15) is 0 Å². The molecule has 114 valence electrons. The fraction of sp³-hybridized carbons (Fsp3) is 0.538. The number of esters is 1. The van der Waals surface area contributed by atoms with Crippen LogP contribution in [0.1, 0.15) is 19.6 Å². The van der Waals surface area contributed by atoms with Crippen LogP contribution in [0.15, 0.2) is 27.8 Å². The van der Waals surface area contributed by atoms with Crippen molar-refractivity contribution in [3.05, 3.63) is 24.2 Å². The van der Waals surface area contributed by atoms with Crippen molar-refractivity contribution in [3.8, 4) is 0 Å². The Morgan fingerprint density at radius 3 is 2.80 bits per heavy atom. The zero-order chi connectivity index (χ0) is 14.1. The Kier molecular flexibility index (Phi) is 9.87. The fourth-order valence-corrected chi connectivity index (χ4v) is 1.44. The van der Waals surface area contributed by atoms with E-state index in [1.165, 1.54) is 7.11 Å². The highest BCUT2D eigenvalue weighted by Gasteiger charge is 2.13. The molecule has 7 heteroatoms. The Morgan fingerprint density at radius 1 is 1.50 bits per heavy atom. The Labute approximate surface area is 136 Å². The van der Waals surface area contributed by atoms with Crippen molar-refractivity contribution in [2.75, 3.05) is 20.2 Å². The maximum Gasteiger partial charge on any atom is 0.310 e. The van der Waals surface area contributed by atoms with E-state index >= 15 is 0 Å². The van der Waals surface area contributed by atoms with Gasteiger partial charge in [0.25, 0.3) is 0 Å². The number of furan rings is 1. The number of ether oxygens (including phenoxy) is 1. The topological polar surface area (TPSA) is 75.9 Å². The number of carbonyl (C=O) groups excluding carboxylic acids is 1. The lowest BCUT2D eigenvalue weighted by molar-refractivity contribution is -0.144. The first kappa shape index (κ1) is 18.8. The van der Waals surface area contributed by atoms with E-state index in [1.54, 1.807) is 13.2 Å². The molecule has 0 radical (unpaired) electrons. The molecule has 1 atom stereocenters. The monoisotopic (exact) mass is 395 g/mol. The fourth-order valence-electron chi connectivity index (χ4n) is 1.44. The van der Waals surface area contributed by atoms with Crippen LogP contribution in [0.4, 0.5) is 0 Å². The van der Waals surface area contributed by atoms with Gasteiger partial charge in [-0.1, -0.05) is 6.92 Å². The Bertz CT molecular complexity index is 407. The molecule has 2 N–H and O–H groups in total. The molecular formula is C13H22IN3O3. The van der Waals surface area contributed by atoms with Crippen LogP contribution < -0.4 is 10.6 Å². The van der Waals surface area contributed by atoms with E-state index < -0.39 is 0 Å². The largest absolute Gasteiger partial charge is 0.469 e. The molecule has 0 aliphatic heterocycles. The number of hydrogen-bond acceptors (Lipinski definition) is 4. The molecule has 0 aromatic carbocycles. The predicted molar refractivity (Wildman–Crippen MR) is 88.1 cm³/mol. The molecule has 1 rings (SSSR count). The number of methoxy groups -OCH3 is 1. The first-order valence-electron chi connectivity index (χ1n) is 6.29. The van der Waals surface area contributed by atoms with E-state index in [0.29, 0.717) is 19.0 Å². The third-order valence-corrected chi connectivity index (χ3v) is 2.50. The van der Waals surface area contributed by atoms with Crippen LogP contribution in [0.3, 0.4) is 0 Å². The molecule has 1 heterocycles. The number of guanidine groups is 1. The highest BCUT2D eigenvalue weighted by Crippen LogP contribution is 2.01. The molecule has 0 saturated carbocycles. The smallest absolute Gasteiger partial charge is 0.310 e. The average molecular weight is 395 g/mol. The van der Waals surface area contributed by atoms with Gasteiger partial charge in [0.1, 0.15) is 12.3 Å². The molecule has 6 nitrogen and oxygen atoms in total. The predicted octanol–water partition coefficient (Wildman–Crippen LogP) is 1.76. The summed E-state index contributed by atoms with van der Waals surface area (Å²) < 4.78 is 9.88. The lowest BCUT2D eigenvalue weighted by Crippen LogP contribution is -2.40. The van der Waals surface area contributed by atoms with Gasteiger partial charge < -0.3 is 19.8 Å². The van der Waals surface area contributed by atoms with Crippen LogP contribution in [0, 0.1) is 5.92 Å². The van der Waals surface area contributed by atoms with Crippen LogP contribution in [0.5, 0.6) is 0 Å². The van der Waals surface area contributed by atoms with Gasteiger partial charge in [-0.25, -0.2) is 4.99 Å². The molecular weight excluding hydrogens is 373 g/mol. The van der Waals surface area contributed by atoms with Crippen molar-refractivity contribution in [2.24, 2.45) is 10.9 Å². The summed E-state index contributed by atoms with van der Waals surface area (Å²) in [6.45, 7) is 5.45. The van der Waals surface area contributed by atoms with Crippen LogP contribution in [-0.4, -0.2) is 32.1 Å². The first-order valence-corrected chi connectivity index (χ1v) is 6.29. The molecule has 0 aliphatic carbocycles. The van der Waals surface area contributed by atoms with Gasteiger partial charge in [0.05, 0.1) is 19.3 Å². The molecule has 0 aliphatic rings. The van der Waals surface area contributed by atoms with E-state index in [2.05, 4.69) is 20.4 Å². The molecule has 20 heavy (non-hydrogen) atoms. The highest BCUT2D eigenvalue weighted by molar-refractivity contribution is 14.0. The van der Waals surface area contributed by atoms with Crippen molar-refractivity contribution < 1.29 is 13.9 Å². The summed E-state index contributed by atoms with van der Waals surface area (Å²) in [5.74, 6) is 0.972. The maximum absolute atomic E-state index is 11.3. The first-order chi connectivity index (χ1) is 9.17. The van der Waals surface area contributed by atoms with E-state index in [0.717, 1.165) is 12.3 Å². The zero-order valence-corrected chi connectivity index (χ0v) is 14.3. The normalized spacial score (nSPS) is 12.2. The lowest BCUT2D eigenvalue weighted by Gasteiger charge is -2.14. The lowest BCUT2D eigenvalue weighted by atomic mass is 10.2. The number of nitrogens with zero attached hydrogens (tertiary/aromatic N) is 1. The minimum Gasteiger partial charge on any atom is -0.469 e. The summed E-state index contributed by atoms with van der Waals surface area (Å²) >= 11 is 0. The molecule has 0 saturated heterocycles. The highest BCUT2D eigenvalue weighted by atomic mass is 127. The minimum atomic E-state index is -0.241. The second-order valence-electron chi connectivity index (χ2n) is 4.08. The van der Waals surface area contributed by atoms with Gasteiger partial charge in [0, 0.05) is 13.1 Å². The summed E-state index contributed by atoms with van der Waals surface area (Å²) in [7, 11) is 1.38. The van der Waals surface area contributed by atoms with Crippen molar-refractivity contribution in [1.82, 2.24) is 10.6 Å². The standard InChI is InChI=1S/C13H21N3O3.HI/c1-4-14-13(15-8-10(2)12(17)18-3)16-9-11-6-5-7-19-11;/h5-7,10H,4,8-9H2,1-3H3,(H2,14,15,16);1H. The molecule has 1 unspecified atom stereocenters. The van der Waals surface area contributed by atoms with Crippen molar-refractivity contribution in [1.29, 1.82) is 0 Å². The Balaban J connectivity index is 0.00000361. The Hall–Kier alpha value is -1.25. The summed E-state index contributed by atoms with van der Waals surface area (Å²) in [6, 6.07) is 3.69. The van der Waals surface area contributed by atoms with Crippen LogP contribution in [0.25, 0.3) is 0 Å². The molecule has 1 aromatic heterocycles. The van der Waals surface area contributed by atoms with Crippen molar-refractivity contribution in [2.45, 2.75) is 20.4 Å². The van der Waals surface area contributed by atoms with Crippen LogP contribution >= 0.6 is 24.0 Å². The van der Waals surface area contributed by atoms with Gasteiger partial charge in [-0.05, 0) is 19.1 Å². The second kappa shape index (κ2) is 10.5. The second-order valence-corrected chi connectivity index (χ2v) is 4.08. The summed E-state index contributed by atoms with van der Waals surface area (Å²) in [4.78, 5) is 15.7. The number of hydrogen-bond donors (Lipinski definition) is 2. The van der Waals surface area contributed by atoms with Crippen LogP contribution in [-0.2, 0) is 16.1 Å². The van der Waals surface area contributed by atoms with E-state index in [4.69, 9.17) is 4.42 Å². The third kappa shape index (κ3) is 6.78. The number of aliphatic imine (C=N–C) groups is 1. The van der Waals surface area contributed by atoms with Crippen molar-refractivity contribution in [3.63, 3.8) is 0 Å². The summed E-state index contributed by atoms with van der Waals surface area (Å²) in [6.07, 6.45) is 1.62. The van der Waals surface area contributed by atoms with Gasteiger partial charge in [-0.15, -0.1) is 24.0 Å². The molecule has 0 bridgehead atoms. The van der Waals surface area contributed by atoms with Crippen LogP contribution in [0.2, 0.25) is 0 Å². The molecule has 0 amide bonds. The Morgan fingerprint density at radius 2 is 2.25 bits per heavy atom. The number of carbonyl (C=O) groups is 1. The zero-order valence-electron chi connectivity index (χ0n) is 12.0. The van der Waals surface area contributed by atoms with E-state index in [9.17, 15) is 4.79 Å². The number of rotatable bonds is 6. The van der Waals surface area contributed by atoms with E-state index in [-0.39, 0.29) is 35.9 Å². The molecule has 1 aromatic rings. The SMILES string of the molecule is CCNC(=NCc1ccco1)NCC(C)C(=O)OC.I. The third-order valence-electron chi connectivity index (χ3n) is 2.50. The maximum atomic E-state index is 11.3. The van der Waals surface area contributed by atoms with Gasteiger partial charge in [0.15, 0.2) is 5.96 Å². The summed E-state index contributed by atoms with van der Waals surface area (Å²) in [5.41, 5.74) is 0.